The van der Waals surface area contributed by atoms with Gasteiger partial charge >= 0.3 is 5.97 Å². The molecule has 1 heterocycles. The van der Waals surface area contributed by atoms with Crippen LogP contribution in [0.3, 0.4) is 0 Å². The molecule has 1 N–H and O–H groups in total. The molecule has 28 heavy (non-hydrogen) atoms. The molecule has 146 valence electrons. The van der Waals surface area contributed by atoms with Gasteiger partial charge in [0.2, 0.25) is 0 Å². The maximum atomic E-state index is 12.2. The lowest BCUT2D eigenvalue weighted by Gasteiger charge is -2.17. The van der Waals surface area contributed by atoms with Gasteiger partial charge in [-0.2, -0.15) is 0 Å². The molecule has 0 bridgehead atoms. The van der Waals surface area contributed by atoms with Crippen molar-refractivity contribution in [1.29, 1.82) is 0 Å². The van der Waals surface area contributed by atoms with Gasteiger partial charge in [0.05, 0.1) is 6.04 Å². The van der Waals surface area contributed by atoms with Gasteiger partial charge in [-0.15, -0.1) is 0 Å². The lowest BCUT2D eigenvalue weighted by atomic mass is 10.2. The van der Waals surface area contributed by atoms with E-state index in [9.17, 15) is 9.59 Å². The molecule has 0 radical (unpaired) electrons. The number of hydrogen-bond acceptors (Lipinski definition) is 5. The van der Waals surface area contributed by atoms with E-state index < -0.39 is 18.0 Å². The van der Waals surface area contributed by atoms with Crippen molar-refractivity contribution < 1.29 is 23.5 Å². The van der Waals surface area contributed by atoms with E-state index >= 15 is 0 Å². The van der Waals surface area contributed by atoms with Crippen molar-refractivity contribution in [3.8, 4) is 5.75 Å². The average molecular weight is 381 g/mol. The first-order valence-corrected chi connectivity index (χ1v) is 9.23. The van der Waals surface area contributed by atoms with Crippen LogP contribution in [-0.4, -0.2) is 24.6 Å². The highest BCUT2D eigenvalue weighted by Gasteiger charge is 2.22. The molecule has 2 atom stereocenters. The fourth-order valence-corrected chi connectivity index (χ4v) is 2.76. The summed E-state index contributed by atoms with van der Waals surface area (Å²) < 4.78 is 16.5. The second-order valence-electron chi connectivity index (χ2n) is 6.41. The van der Waals surface area contributed by atoms with E-state index in [0.29, 0.717) is 17.9 Å². The van der Waals surface area contributed by atoms with Crippen LogP contribution in [0.15, 0.2) is 65.1 Å². The molecular formula is C22H23NO5. The molecule has 0 unspecified atom stereocenters. The Bertz CT molecular complexity index is 901. The van der Waals surface area contributed by atoms with Crippen molar-refractivity contribution in [2.24, 2.45) is 0 Å². The molecule has 1 amide bonds. The number of fused-ring (bicyclic) bond motifs is 1. The molecule has 3 rings (SSSR count). The van der Waals surface area contributed by atoms with Crippen LogP contribution in [0, 0.1) is 0 Å². The Morgan fingerprint density at radius 1 is 1.07 bits per heavy atom. The van der Waals surface area contributed by atoms with Gasteiger partial charge in [-0.3, -0.25) is 4.79 Å². The third-order valence-electron chi connectivity index (χ3n) is 4.25. The standard InChI is InChI=1S/C22H23NO5/c1-3-18(27-17-10-5-4-6-11-17)22(25)26-14-21(24)23-15(2)20-13-16-9-7-8-12-19(16)28-20/h4-13,15,18H,3,14H2,1-2H3,(H,23,24)/t15-,18-/m0/s1. The number of benzene rings is 2. The lowest BCUT2D eigenvalue weighted by Crippen LogP contribution is -2.35. The summed E-state index contributed by atoms with van der Waals surface area (Å²) >= 11 is 0. The normalized spacial score (nSPS) is 12.9. The number of furan rings is 1. The van der Waals surface area contributed by atoms with E-state index in [1.165, 1.54) is 0 Å². The monoisotopic (exact) mass is 381 g/mol. The smallest absolute Gasteiger partial charge is 0.347 e. The summed E-state index contributed by atoms with van der Waals surface area (Å²) in [5, 5.41) is 3.73. The van der Waals surface area contributed by atoms with E-state index in [4.69, 9.17) is 13.9 Å². The second kappa shape index (κ2) is 9.08. The number of rotatable bonds is 8. The van der Waals surface area contributed by atoms with Gasteiger partial charge in [-0.25, -0.2) is 4.79 Å². The Balaban J connectivity index is 1.50. The van der Waals surface area contributed by atoms with Gasteiger partial charge in [0.25, 0.3) is 5.91 Å². The SMILES string of the molecule is CC[C@H](Oc1ccccc1)C(=O)OCC(=O)N[C@@H](C)c1cc2ccccc2o1. The number of amides is 1. The highest BCUT2D eigenvalue weighted by molar-refractivity contribution is 5.83. The van der Waals surface area contributed by atoms with Gasteiger partial charge in [-0.05, 0) is 37.6 Å². The van der Waals surface area contributed by atoms with Crippen molar-refractivity contribution in [2.45, 2.75) is 32.4 Å². The molecule has 0 aliphatic carbocycles. The third kappa shape index (κ3) is 4.91. The minimum atomic E-state index is -0.761. The highest BCUT2D eigenvalue weighted by atomic mass is 16.6. The molecule has 0 aliphatic heterocycles. The number of para-hydroxylation sites is 2. The van der Waals surface area contributed by atoms with Gasteiger partial charge < -0.3 is 19.2 Å². The molecule has 3 aromatic rings. The minimum Gasteiger partial charge on any atom is -0.479 e. The molecule has 0 spiro atoms. The van der Waals surface area contributed by atoms with Crippen LogP contribution in [0.2, 0.25) is 0 Å². The molecule has 0 fully saturated rings. The summed E-state index contributed by atoms with van der Waals surface area (Å²) in [5.41, 5.74) is 0.758. The molecule has 0 saturated carbocycles. The van der Waals surface area contributed by atoms with Gasteiger partial charge in [0.15, 0.2) is 12.7 Å². The Hall–Kier alpha value is -3.28. The minimum absolute atomic E-state index is 0.346. The predicted octanol–water partition coefficient (Wildman–Crippen LogP) is 4.01. The zero-order valence-electron chi connectivity index (χ0n) is 15.9. The summed E-state index contributed by atoms with van der Waals surface area (Å²) in [6.07, 6.45) is -0.326. The summed E-state index contributed by atoms with van der Waals surface area (Å²) in [6.45, 7) is 3.25. The first-order chi connectivity index (χ1) is 13.6. The van der Waals surface area contributed by atoms with E-state index in [2.05, 4.69) is 5.32 Å². The number of esters is 1. The fourth-order valence-electron chi connectivity index (χ4n) is 2.76. The third-order valence-corrected chi connectivity index (χ3v) is 4.25. The Morgan fingerprint density at radius 3 is 2.50 bits per heavy atom. The van der Waals surface area contributed by atoms with E-state index in [0.717, 1.165) is 11.0 Å². The van der Waals surface area contributed by atoms with E-state index in [-0.39, 0.29) is 12.6 Å². The quantitative estimate of drug-likeness (QED) is 0.597. The van der Waals surface area contributed by atoms with Crippen LogP contribution in [0.5, 0.6) is 5.75 Å². The predicted molar refractivity (Wildman–Crippen MR) is 105 cm³/mol. The second-order valence-corrected chi connectivity index (χ2v) is 6.41. The molecule has 2 aromatic carbocycles. The highest BCUT2D eigenvalue weighted by Crippen LogP contribution is 2.23. The fraction of sp³-hybridized carbons (Fsp3) is 0.273. The van der Waals surface area contributed by atoms with Crippen molar-refractivity contribution in [1.82, 2.24) is 5.32 Å². The number of carbonyl (C=O) groups is 2. The largest absolute Gasteiger partial charge is 0.479 e. The molecular weight excluding hydrogens is 358 g/mol. The summed E-state index contributed by atoms with van der Waals surface area (Å²) in [5.74, 6) is 0.239. The van der Waals surface area contributed by atoms with Crippen LogP contribution in [0.25, 0.3) is 11.0 Å². The Kier molecular flexibility index (Phi) is 6.32. The van der Waals surface area contributed by atoms with Crippen LogP contribution in [0.1, 0.15) is 32.1 Å². The van der Waals surface area contributed by atoms with Crippen LogP contribution in [-0.2, 0) is 14.3 Å². The summed E-state index contributed by atoms with van der Waals surface area (Å²) in [7, 11) is 0. The number of nitrogens with one attached hydrogen (secondary N) is 1. The molecule has 6 nitrogen and oxygen atoms in total. The zero-order valence-corrected chi connectivity index (χ0v) is 15.9. The van der Waals surface area contributed by atoms with Crippen molar-refractivity contribution in [3.05, 3.63) is 66.4 Å². The van der Waals surface area contributed by atoms with Crippen LogP contribution < -0.4 is 10.1 Å². The first-order valence-electron chi connectivity index (χ1n) is 9.23. The van der Waals surface area contributed by atoms with Crippen molar-refractivity contribution in [3.63, 3.8) is 0 Å². The maximum absolute atomic E-state index is 12.2. The van der Waals surface area contributed by atoms with Gasteiger partial charge in [-0.1, -0.05) is 43.3 Å². The topological polar surface area (TPSA) is 77.8 Å². The van der Waals surface area contributed by atoms with Gasteiger partial charge in [0, 0.05) is 5.39 Å². The van der Waals surface area contributed by atoms with Crippen molar-refractivity contribution in [2.75, 3.05) is 6.61 Å². The molecule has 1 aromatic heterocycles. The Labute approximate surface area is 163 Å². The molecule has 0 saturated heterocycles. The first kappa shape index (κ1) is 19.5. The molecule has 6 heteroatoms. The van der Waals surface area contributed by atoms with E-state index in [1.54, 1.807) is 12.1 Å². The number of ether oxygens (including phenoxy) is 2. The van der Waals surface area contributed by atoms with Crippen LogP contribution in [0.4, 0.5) is 0 Å². The maximum Gasteiger partial charge on any atom is 0.347 e. The van der Waals surface area contributed by atoms with E-state index in [1.807, 2.05) is 62.4 Å². The Morgan fingerprint density at radius 2 is 1.79 bits per heavy atom. The summed E-state index contributed by atoms with van der Waals surface area (Å²) in [6, 6.07) is 18.2. The lowest BCUT2D eigenvalue weighted by molar-refractivity contribution is -0.155. The summed E-state index contributed by atoms with van der Waals surface area (Å²) in [4.78, 5) is 24.4. The van der Waals surface area contributed by atoms with Crippen molar-refractivity contribution >= 4 is 22.8 Å². The molecule has 0 aliphatic rings. The average Bonchev–Trinajstić information content (AvgIpc) is 3.15. The van der Waals surface area contributed by atoms with Crippen LogP contribution >= 0.6 is 0 Å². The zero-order chi connectivity index (χ0) is 19.9. The van der Waals surface area contributed by atoms with Gasteiger partial charge in [0.1, 0.15) is 17.1 Å². The number of hydrogen-bond donors (Lipinski definition) is 1. The number of carbonyl (C=O) groups excluding carboxylic acids is 2.